The second kappa shape index (κ2) is 21.9. The van der Waals surface area contributed by atoms with Gasteiger partial charge in [-0.2, -0.15) is 0 Å². The summed E-state index contributed by atoms with van der Waals surface area (Å²) in [5, 5.41) is 2.62. The molecule has 1 radical (unpaired) electrons. The van der Waals surface area contributed by atoms with Crippen molar-refractivity contribution < 1.29 is 41.5 Å². The van der Waals surface area contributed by atoms with Crippen molar-refractivity contribution in [2.24, 2.45) is 0 Å². The molecule has 0 amide bonds. The van der Waals surface area contributed by atoms with Crippen LogP contribution in [0, 0.1) is 0 Å². The number of fused-ring (bicyclic) bond motifs is 1. The van der Waals surface area contributed by atoms with Crippen molar-refractivity contribution in [3.05, 3.63) is 48.5 Å². The summed E-state index contributed by atoms with van der Waals surface area (Å²) in [6.45, 7) is 10.2. The van der Waals surface area contributed by atoms with Crippen LogP contribution in [0.25, 0.3) is 10.8 Å². The first kappa shape index (κ1) is 27.7. The van der Waals surface area contributed by atoms with E-state index in [4.69, 9.17) is 4.55 Å². The molecule has 0 saturated carbocycles. The summed E-state index contributed by atoms with van der Waals surface area (Å²) in [4.78, 5) is 0. The van der Waals surface area contributed by atoms with Crippen LogP contribution in [0.4, 0.5) is 0 Å². The number of hydrogen-bond acceptors (Lipinski definition) is 1. The van der Waals surface area contributed by atoms with Crippen LogP contribution in [0.5, 0.6) is 0 Å². The Balaban J connectivity index is -0.000000269. The van der Waals surface area contributed by atoms with Crippen molar-refractivity contribution in [1.82, 2.24) is 0 Å². The Morgan fingerprint density at radius 2 is 1.09 bits per heavy atom. The fraction of sp³-hybridized carbons (Fsp3) is 0.474. The molecule has 0 spiro atoms. The molecule has 0 bridgehead atoms. The summed E-state index contributed by atoms with van der Waals surface area (Å²) >= 11 is -1.57. The van der Waals surface area contributed by atoms with Crippen LogP contribution in [0.1, 0.15) is 53.9 Å². The molecule has 0 saturated heterocycles. The maximum absolute atomic E-state index is 9.71. The second-order valence-corrected chi connectivity index (χ2v) is 5.42. The third-order valence-corrected chi connectivity index (χ3v) is 3.29. The largest absolute Gasteiger partial charge is 0.306 e. The summed E-state index contributed by atoms with van der Waals surface area (Å²) in [7, 11) is 0. The van der Waals surface area contributed by atoms with Crippen LogP contribution in [0.15, 0.2) is 48.5 Å². The fourth-order valence-corrected chi connectivity index (χ4v) is 1.66. The number of unbranched alkanes of at least 4 members (excludes halogenated alkanes) is 1. The maximum Gasteiger partial charge on any atom is 0.152 e. The average Bonchev–Trinajstić information content (AvgIpc) is 2.57. The third-order valence-electron chi connectivity index (χ3n) is 2.54. The Kier molecular flexibility index (Phi) is 26.4. The zero-order valence-corrected chi connectivity index (χ0v) is 18.9. The van der Waals surface area contributed by atoms with E-state index in [1.54, 1.807) is 0 Å². The quantitative estimate of drug-likeness (QED) is 0.601. The van der Waals surface area contributed by atoms with Gasteiger partial charge < -0.3 is 4.55 Å². The molecule has 2 aromatic rings. The summed E-state index contributed by atoms with van der Waals surface area (Å²) in [5.41, 5.74) is 0. The van der Waals surface area contributed by atoms with Gasteiger partial charge in [-0.05, 0) is 17.2 Å². The smallest absolute Gasteiger partial charge is 0.152 e. The van der Waals surface area contributed by atoms with Gasteiger partial charge in [0.15, 0.2) is 11.1 Å². The molecular weight excluding hydrogens is 381 g/mol. The molecule has 0 aliphatic rings. The van der Waals surface area contributed by atoms with Crippen LogP contribution in [0.3, 0.4) is 0 Å². The van der Waals surface area contributed by atoms with E-state index in [-0.39, 0.29) is 32.7 Å². The number of benzene rings is 2. The fourth-order valence-electron chi connectivity index (χ4n) is 1.31. The van der Waals surface area contributed by atoms with Crippen molar-refractivity contribution in [2.45, 2.75) is 53.9 Å². The second-order valence-electron chi connectivity index (χ2n) is 4.37. The third kappa shape index (κ3) is 18.1. The van der Waals surface area contributed by atoms with Gasteiger partial charge in [-0.15, -0.1) is 0 Å². The van der Waals surface area contributed by atoms with Crippen molar-refractivity contribution in [3.63, 3.8) is 0 Å². The van der Waals surface area contributed by atoms with E-state index < -0.39 is 11.1 Å². The minimum atomic E-state index is -1.57. The van der Waals surface area contributed by atoms with E-state index in [0.717, 1.165) is 6.42 Å². The molecule has 23 heavy (non-hydrogen) atoms. The summed E-state index contributed by atoms with van der Waals surface area (Å²) in [6, 6.07) is 16.7. The van der Waals surface area contributed by atoms with Gasteiger partial charge in [0, 0.05) is 38.5 Å². The molecule has 2 aromatic carbocycles. The van der Waals surface area contributed by atoms with E-state index in [1.807, 2.05) is 20.8 Å². The predicted molar refractivity (Wildman–Crippen MR) is 102 cm³/mol. The number of hydrogen-bond donors (Lipinski definition) is 1. The van der Waals surface area contributed by atoms with Crippen molar-refractivity contribution >= 4 is 21.9 Å². The number of rotatable bonds is 3. The first-order valence-electron chi connectivity index (χ1n) is 8.16. The normalized spacial score (nSPS) is 9.65. The van der Waals surface area contributed by atoms with Gasteiger partial charge in [0.1, 0.15) is 0 Å². The van der Waals surface area contributed by atoms with Crippen LogP contribution >= 0.6 is 0 Å². The minimum absolute atomic E-state index is 0. The average molecular weight is 413 g/mol. The van der Waals surface area contributed by atoms with Gasteiger partial charge in [0.25, 0.3) is 0 Å². The van der Waals surface area contributed by atoms with Gasteiger partial charge in [0.2, 0.25) is 0 Å². The van der Waals surface area contributed by atoms with Crippen LogP contribution in [-0.4, -0.2) is 14.5 Å². The molecule has 0 aliphatic carbocycles. The molecule has 1 unspecified atom stereocenters. The molecule has 0 fully saturated rings. The van der Waals surface area contributed by atoms with E-state index in [2.05, 4.69) is 62.4 Å². The SMILES string of the molecule is CC.CCCC.CCCS(=O)O.[Y].c1ccc2ccccc2c1. The van der Waals surface area contributed by atoms with Crippen molar-refractivity contribution in [1.29, 1.82) is 0 Å². The van der Waals surface area contributed by atoms with Crippen LogP contribution < -0.4 is 0 Å². The van der Waals surface area contributed by atoms with Gasteiger partial charge in [-0.1, -0.05) is 96.0 Å². The summed E-state index contributed by atoms with van der Waals surface area (Å²) in [6.07, 6.45) is 3.42. The van der Waals surface area contributed by atoms with Crippen molar-refractivity contribution in [2.75, 3.05) is 5.75 Å². The minimum Gasteiger partial charge on any atom is -0.306 e. The summed E-state index contributed by atoms with van der Waals surface area (Å²) < 4.78 is 17.7. The molecule has 4 heteroatoms. The molecule has 0 aromatic heterocycles. The Labute approximate surface area is 170 Å². The Bertz CT molecular complexity index is 422. The van der Waals surface area contributed by atoms with Crippen LogP contribution in [0.2, 0.25) is 0 Å². The zero-order valence-electron chi connectivity index (χ0n) is 15.3. The van der Waals surface area contributed by atoms with Gasteiger partial charge in [0.05, 0.1) is 0 Å². The van der Waals surface area contributed by atoms with E-state index >= 15 is 0 Å². The van der Waals surface area contributed by atoms with E-state index in [0.29, 0.717) is 5.75 Å². The molecule has 0 aliphatic heterocycles. The van der Waals surface area contributed by atoms with E-state index in [1.165, 1.54) is 23.6 Å². The molecule has 2 nitrogen and oxygen atoms in total. The standard InChI is InChI=1S/C10H8.C4H10.C3H8O2S.C2H6.Y/c1-2-6-10-8-4-3-7-9(10)5-1;1-3-4-2;1-2-3-6(4)5;1-2;/h1-8H;3-4H2,1-2H3;2-3H2,1H3,(H,4,5);1-2H3;. The molecule has 129 valence electrons. The van der Waals surface area contributed by atoms with Gasteiger partial charge in [-0.3, -0.25) is 0 Å². The van der Waals surface area contributed by atoms with Crippen molar-refractivity contribution in [3.8, 4) is 0 Å². The topological polar surface area (TPSA) is 37.3 Å². The summed E-state index contributed by atoms with van der Waals surface area (Å²) in [5.74, 6) is 0.403. The molecule has 1 N–H and O–H groups in total. The monoisotopic (exact) mass is 413 g/mol. The van der Waals surface area contributed by atoms with Gasteiger partial charge >= 0.3 is 0 Å². The molecular formula is C19H32O2SY. The predicted octanol–water partition coefficient (Wildman–Crippen LogP) is 6.29. The Morgan fingerprint density at radius 3 is 1.22 bits per heavy atom. The first-order valence-corrected chi connectivity index (χ1v) is 9.44. The van der Waals surface area contributed by atoms with E-state index in [9.17, 15) is 4.21 Å². The Hall–Kier alpha value is -0.0861. The molecule has 0 heterocycles. The first-order chi connectivity index (χ1) is 10.7. The zero-order chi connectivity index (χ0) is 17.2. The molecule has 1 atom stereocenters. The maximum atomic E-state index is 9.71. The van der Waals surface area contributed by atoms with Gasteiger partial charge in [-0.25, -0.2) is 4.21 Å². The van der Waals surface area contributed by atoms with Crippen LogP contribution in [-0.2, 0) is 43.8 Å². The Morgan fingerprint density at radius 1 is 0.783 bits per heavy atom. The molecule has 2 rings (SSSR count).